The second kappa shape index (κ2) is 8.72. The van der Waals surface area contributed by atoms with Gasteiger partial charge in [0.1, 0.15) is 5.82 Å². The van der Waals surface area contributed by atoms with Crippen molar-refractivity contribution in [1.82, 2.24) is 10.2 Å². The number of ether oxygens (including phenoxy) is 1. The summed E-state index contributed by atoms with van der Waals surface area (Å²) in [5.41, 5.74) is 1.41. The highest BCUT2D eigenvalue weighted by Crippen LogP contribution is 2.20. The Morgan fingerprint density at radius 2 is 1.75 bits per heavy atom. The van der Waals surface area contributed by atoms with E-state index < -0.39 is 17.7 Å². The van der Waals surface area contributed by atoms with E-state index in [9.17, 15) is 14.0 Å². The molecule has 1 heterocycles. The molecule has 1 aromatic heterocycles. The lowest BCUT2D eigenvalue weighted by Gasteiger charge is -2.10. The number of para-hydroxylation sites is 1. The van der Waals surface area contributed by atoms with Gasteiger partial charge in [0.05, 0.1) is 17.9 Å². The van der Waals surface area contributed by atoms with Gasteiger partial charge < -0.3 is 15.4 Å². The largest absolute Gasteiger partial charge is 0.462 e. The van der Waals surface area contributed by atoms with Crippen LogP contribution in [0.5, 0.6) is 0 Å². The lowest BCUT2D eigenvalue weighted by Crippen LogP contribution is -2.14. The van der Waals surface area contributed by atoms with Crippen molar-refractivity contribution in [3.63, 3.8) is 0 Å². The Morgan fingerprint density at radius 3 is 2.43 bits per heavy atom. The molecule has 0 aliphatic rings. The number of rotatable bonds is 6. The summed E-state index contributed by atoms with van der Waals surface area (Å²) in [7, 11) is 0. The van der Waals surface area contributed by atoms with Crippen LogP contribution in [-0.4, -0.2) is 28.7 Å². The molecular weight excluding hydrogens is 363 g/mol. The van der Waals surface area contributed by atoms with Gasteiger partial charge in [-0.05, 0) is 55.5 Å². The molecule has 0 radical (unpaired) electrons. The van der Waals surface area contributed by atoms with Crippen molar-refractivity contribution in [1.29, 1.82) is 0 Å². The van der Waals surface area contributed by atoms with Crippen LogP contribution in [0.25, 0.3) is 0 Å². The van der Waals surface area contributed by atoms with Crippen molar-refractivity contribution < 1.29 is 18.7 Å². The zero-order chi connectivity index (χ0) is 19.9. The number of carbonyl (C=O) groups is 2. The van der Waals surface area contributed by atoms with E-state index in [-0.39, 0.29) is 12.3 Å². The molecular formula is C20H17FN4O3. The summed E-state index contributed by atoms with van der Waals surface area (Å²) < 4.78 is 18.0. The number of esters is 1. The van der Waals surface area contributed by atoms with E-state index >= 15 is 0 Å². The molecule has 2 aromatic carbocycles. The van der Waals surface area contributed by atoms with Crippen LogP contribution in [0.2, 0.25) is 0 Å². The summed E-state index contributed by atoms with van der Waals surface area (Å²) in [4.78, 5) is 24.2. The van der Waals surface area contributed by atoms with E-state index in [4.69, 9.17) is 4.74 Å². The molecule has 2 N–H and O–H groups in total. The number of benzene rings is 2. The van der Waals surface area contributed by atoms with Crippen LogP contribution in [0.15, 0.2) is 60.7 Å². The van der Waals surface area contributed by atoms with E-state index in [1.54, 1.807) is 37.3 Å². The molecule has 3 aromatic rings. The first-order valence-electron chi connectivity index (χ1n) is 8.50. The van der Waals surface area contributed by atoms with Crippen molar-refractivity contribution >= 4 is 29.1 Å². The topological polar surface area (TPSA) is 93.2 Å². The number of amides is 1. The van der Waals surface area contributed by atoms with Crippen molar-refractivity contribution in [3.05, 3.63) is 77.7 Å². The number of aromatic nitrogens is 2. The van der Waals surface area contributed by atoms with Gasteiger partial charge in [0, 0.05) is 5.69 Å². The van der Waals surface area contributed by atoms with Crippen LogP contribution in [-0.2, 0) is 4.74 Å². The molecule has 0 saturated heterocycles. The predicted octanol–water partition coefficient (Wildman–Crippen LogP) is 3.79. The third kappa shape index (κ3) is 4.67. The minimum atomic E-state index is -0.474. The Morgan fingerprint density at radius 1 is 1.00 bits per heavy atom. The lowest BCUT2D eigenvalue weighted by atomic mass is 10.2. The summed E-state index contributed by atoms with van der Waals surface area (Å²) in [5.74, 6) is -0.960. The van der Waals surface area contributed by atoms with Gasteiger partial charge in [0.25, 0.3) is 5.91 Å². The van der Waals surface area contributed by atoms with Gasteiger partial charge in [0.2, 0.25) is 0 Å². The minimum Gasteiger partial charge on any atom is -0.462 e. The van der Waals surface area contributed by atoms with Crippen LogP contribution >= 0.6 is 0 Å². The second-order valence-electron chi connectivity index (χ2n) is 5.66. The van der Waals surface area contributed by atoms with Crippen molar-refractivity contribution in [2.45, 2.75) is 6.92 Å². The molecule has 0 saturated carbocycles. The zero-order valence-electron chi connectivity index (χ0n) is 15.0. The van der Waals surface area contributed by atoms with Gasteiger partial charge >= 0.3 is 5.97 Å². The Hall–Kier alpha value is -3.81. The molecule has 7 nitrogen and oxygen atoms in total. The average Bonchev–Trinajstić information content (AvgIpc) is 2.71. The number of nitrogens with one attached hydrogen (secondary N) is 2. The number of halogens is 1. The number of hydrogen-bond donors (Lipinski definition) is 2. The molecule has 0 bridgehead atoms. The fourth-order valence-corrected chi connectivity index (χ4v) is 2.37. The first kappa shape index (κ1) is 19.0. The number of carbonyl (C=O) groups excluding carboxylic acids is 2. The van der Waals surface area contributed by atoms with Gasteiger partial charge in [-0.3, -0.25) is 4.79 Å². The van der Waals surface area contributed by atoms with Crippen LogP contribution in [0, 0.1) is 5.82 Å². The summed E-state index contributed by atoms with van der Waals surface area (Å²) >= 11 is 0. The van der Waals surface area contributed by atoms with Crippen LogP contribution in [0.4, 0.5) is 21.6 Å². The molecule has 0 aliphatic heterocycles. The van der Waals surface area contributed by atoms with Gasteiger partial charge in [-0.15, -0.1) is 10.2 Å². The van der Waals surface area contributed by atoms with Gasteiger partial charge in [-0.25, -0.2) is 9.18 Å². The Bertz CT molecular complexity index is 976. The standard InChI is InChI=1S/C20H17FN4O3/c1-2-28-20(27)15-5-3-4-6-16(15)23-18-12-11-17(24-25-18)19(26)22-14-9-7-13(21)8-10-14/h3-12H,2H2,1H3,(H,22,26)(H,23,25). The second-order valence-corrected chi connectivity index (χ2v) is 5.66. The van der Waals surface area contributed by atoms with E-state index in [1.807, 2.05) is 0 Å². The normalized spacial score (nSPS) is 10.2. The lowest BCUT2D eigenvalue weighted by molar-refractivity contribution is 0.0527. The highest BCUT2D eigenvalue weighted by Gasteiger charge is 2.13. The number of hydrogen-bond acceptors (Lipinski definition) is 6. The van der Waals surface area contributed by atoms with Crippen LogP contribution in [0.3, 0.4) is 0 Å². The Labute approximate surface area is 160 Å². The van der Waals surface area contributed by atoms with Crippen LogP contribution in [0.1, 0.15) is 27.8 Å². The molecule has 3 rings (SSSR count). The monoisotopic (exact) mass is 380 g/mol. The first-order valence-corrected chi connectivity index (χ1v) is 8.50. The van der Waals surface area contributed by atoms with E-state index in [0.717, 1.165) is 0 Å². The van der Waals surface area contributed by atoms with Gasteiger partial charge in [-0.1, -0.05) is 12.1 Å². The highest BCUT2D eigenvalue weighted by molar-refractivity contribution is 6.02. The van der Waals surface area contributed by atoms with E-state index in [0.29, 0.717) is 22.8 Å². The van der Waals surface area contributed by atoms with Gasteiger partial charge in [0.15, 0.2) is 11.5 Å². The molecule has 0 atom stereocenters. The molecule has 0 aliphatic carbocycles. The van der Waals surface area contributed by atoms with E-state index in [2.05, 4.69) is 20.8 Å². The summed E-state index contributed by atoms with van der Waals surface area (Å²) in [6, 6.07) is 15.3. The average molecular weight is 380 g/mol. The maximum Gasteiger partial charge on any atom is 0.340 e. The third-order valence-electron chi connectivity index (χ3n) is 3.68. The van der Waals surface area contributed by atoms with Crippen molar-refractivity contribution in [2.75, 3.05) is 17.2 Å². The molecule has 0 unspecified atom stereocenters. The minimum absolute atomic E-state index is 0.0913. The Kier molecular flexibility index (Phi) is 5.91. The molecule has 28 heavy (non-hydrogen) atoms. The fourth-order valence-electron chi connectivity index (χ4n) is 2.37. The maximum absolute atomic E-state index is 12.9. The predicted molar refractivity (Wildman–Crippen MR) is 102 cm³/mol. The molecule has 8 heteroatoms. The number of nitrogens with zero attached hydrogens (tertiary/aromatic N) is 2. The van der Waals surface area contributed by atoms with E-state index in [1.165, 1.54) is 30.3 Å². The quantitative estimate of drug-likeness (QED) is 0.632. The first-order chi connectivity index (χ1) is 13.6. The highest BCUT2D eigenvalue weighted by atomic mass is 19.1. The fraction of sp³-hybridized carbons (Fsp3) is 0.100. The molecule has 0 fully saturated rings. The molecule has 1 amide bonds. The third-order valence-corrected chi connectivity index (χ3v) is 3.68. The van der Waals surface area contributed by atoms with Crippen LogP contribution < -0.4 is 10.6 Å². The smallest absolute Gasteiger partial charge is 0.340 e. The molecule has 0 spiro atoms. The van der Waals surface area contributed by atoms with Crippen molar-refractivity contribution in [2.24, 2.45) is 0 Å². The number of anilines is 3. The SMILES string of the molecule is CCOC(=O)c1ccccc1Nc1ccc(C(=O)Nc2ccc(F)cc2)nn1. The Balaban J connectivity index is 1.70. The summed E-state index contributed by atoms with van der Waals surface area (Å²) in [5, 5.41) is 13.4. The van der Waals surface area contributed by atoms with Crippen molar-refractivity contribution in [3.8, 4) is 0 Å². The summed E-state index contributed by atoms with van der Waals surface area (Å²) in [6.45, 7) is 2.00. The summed E-state index contributed by atoms with van der Waals surface area (Å²) in [6.07, 6.45) is 0. The zero-order valence-corrected chi connectivity index (χ0v) is 15.0. The maximum atomic E-state index is 12.9. The van der Waals surface area contributed by atoms with Gasteiger partial charge in [-0.2, -0.15) is 0 Å². The molecule has 142 valence electrons.